The van der Waals surface area contributed by atoms with Crippen molar-refractivity contribution in [3.05, 3.63) is 26.6 Å². The maximum absolute atomic E-state index is 10.6. The quantitative estimate of drug-likeness (QED) is 0.487. The summed E-state index contributed by atoms with van der Waals surface area (Å²) in [7, 11) is 0. The molecule has 7 nitrogen and oxygen atoms in total. The number of carboxylic acids is 2. The predicted molar refractivity (Wildman–Crippen MR) is 77.9 cm³/mol. The number of phenols is 1. The van der Waals surface area contributed by atoms with E-state index in [-0.39, 0.29) is 5.75 Å². The summed E-state index contributed by atoms with van der Waals surface area (Å²) >= 11 is 6.28. The van der Waals surface area contributed by atoms with E-state index in [2.05, 4.69) is 37.0 Å². The van der Waals surface area contributed by atoms with Gasteiger partial charge in [-0.2, -0.15) is 5.10 Å². The molecule has 0 aliphatic rings. The van der Waals surface area contributed by atoms with Crippen molar-refractivity contribution in [3.63, 3.8) is 0 Å². The lowest BCUT2D eigenvalue weighted by atomic mass is 10.2. The van der Waals surface area contributed by atoms with Gasteiger partial charge in [0.05, 0.1) is 15.2 Å². The van der Waals surface area contributed by atoms with Gasteiger partial charge in [0.25, 0.3) is 0 Å². The molecular formula is C11H10Br2N2O5. The highest BCUT2D eigenvalue weighted by Crippen LogP contribution is 2.32. The van der Waals surface area contributed by atoms with Gasteiger partial charge in [0.2, 0.25) is 0 Å². The summed E-state index contributed by atoms with van der Waals surface area (Å²) in [4.78, 5) is 21.2. The topological polar surface area (TPSA) is 110 Å². The van der Waals surface area contributed by atoms with Crippen LogP contribution in [0.4, 0.5) is 0 Å². The first-order chi connectivity index (χ1) is 9.29. The summed E-state index contributed by atoms with van der Waals surface area (Å²) in [5.74, 6) is -2.34. The van der Waals surface area contributed by atoms with E-state index in [9.17, 15) is 14.7 Å². The van der Waals surface area contributed by atoms with Crippen LogP contribution in [0.25, 0.3) is 0 Å². The summed E-state index contributed by atoms with van der Waals surface area (Å²) < 4.78 is 0.854. The Bertz CT molecular complexity index is 523. The van der Waals surface area contributed by atoms with Gasteiger partial charge in [-0.05, 0) is 49.6 Å². The smallest absolute Gasteiger partial charge is 0.324 e. The molecule has 1 aromatic carbocycles. The number of aliphatic carboxylic acids is 2. The van der Waals surface area contributed by atoms with Gasteiger partial charge in [-0.1, -0.05) is 0 Å². The molecule has 1 aromatic rings. The number of rotatable bonds is 6. The minimum absolute atomic E-state index is 0.0232. The van der Waals surface area contributed by atoms with E-state index in [4.69, 9.17) is 10.2 Å². The molecular weight excluding hydrogens is 400 g/mol. The average molecular weight is 410 g/mol. The largest absolute Gasteiger partial charge is 0.506 e. The minimum atomic E-state index is -1.18. The second kappa shape index (κ2) is 7.25. The third kappa shape index (κ3) is 5.17. The molecule has 0 heterocycles. The van der Waals surface area contributed by atoms with Gasteiger partial charge < -0.3 is 15.3 Å². The first-order valence-electron chi connectivity index (χ1n) is 5.20. The van der Waals surface area contributed by atoms with Crippen LogP contribution < -0.4 is 0 Å². The number of halogens is 2. The number of hydrazone groups is 1. The fourth-order valence-corrected chi connectivity index (χ4v) is 2.48. The number of hydrogen-bond acceptors (Lipinski definition) is 5. The van der Waals surface area contributed by atoms with Crippen molar-refractivity contribution < 1.29 is 24.9 Å². The Balaban J connectivity index is 2.91. The second-order valence-corrected chi connectivity index (χ2v) is 5.40. The monoisotopic (exact) mass is 408 g/mol. The van der Waals surface area contributed by atoms with Crippen LogP contribution >= 0.6 is 31.9 Å². The second-order valence-electron chi connectivity index (χ2n) is 3.69. The van der Waals surface area contributed by atoms with Crippen molar-refractivity contribution in [2.75, 3.05) is 13.1 Å². The van der Waals surface area contributed by atoms with E-state index >= 15 is 0 Å². The van der Waals surface area contributed by atoms with Gasteiger partial charge in [0.15, 0.2) is 0 Å². The Labute approximate surface area is 130 Å². The third-order valence-electron chi connectivity index (χ3n) is 2.04. The van der Waals surface area contributed by atoms with Crippen LogP contribution in [-0.2, 0) is 9.59 Å². The van der Waals surface area contributed by atoms with Crippen LogP contribution in [0.2, 0.25) is 0 Å². The van der Waals surface area contributed by atoms with Crippen molar-refractivity contribution in [1.29, 1.82) is 0 Å². The number of benzene rings is 1. The molecule has 0 aliphatic carbocycles. The number of hydrogen-bond donors (Lipinski definition) is 3. The van der Waals surface area contributed by atoms with E-state index in [0.29, 0.717) is 14.5 Å². The minimum Gasteiger partial charge on any atom is -0.506 e. The summed E-state index contributed by atoms with van der Waals surface area (Å²) in [5, 5.41) is 31.6. The fraction of sp³-hybridized carbons (Fsp3) is 0.182. The molecule has 0 saturated carbocycles. The number of aromatic hydroxyl groups is 1. The average Bonchev–Trinajstić information content (AvgIpc) is 2.31. The van der Waals surface area contributed by atoms with Crippen molar-refractivity contribution in [3.8, 4) is 5.75 Å². The molecule has 0 unspecified atom stereocenters. The normalized spacial score (nSPS) is 10.7. The highest BCUT2D eigenvalue weighted by atomic mass is 79.9. The van der Waals surface area contributed by atoms with Crippen LogP contribution in [0.1, 0.15) is 5.56 Å². The first kappa shape index (κ1) is 16.4. The molecule has 0 bridgehead atoms. The van der Waals surface area contributed by atoms with E-state index in [0.717, 1.165) is 5.01 Å². The van der Waals surface area contributed by atoms with Crippen LogP contribution in [0.3, 0.4) is 0 Å². The van der Waals surface area contributed by atoms with Gasteiger partial charge in [0, 0.05) is 0 Å². The summed E-state index contributed by atoms with van der Waals surface area (Å²) in [6.45, 7) is -1.05. The Kier molecular flexibility index (Phi) is 5.96. The summed E-state index contributed by atoms with van der Waals surface area (Å²) in [6, 6.07) is 3.12. The number of carboxylic acid groups (broad SMARTS) is 2. The molecule has 0 spiro atoms. The lowest BCUT2D eigenvalue weighted by molar-refractivity contribution is -0.141. The van der Waals surface area contributed by atoms with Crippen LogP contribution in [-0.4, -0.2) is 51.6 Å². The number of nitrogens with zero attached hydrogens (tertiary/aromatic N) is 2. The Hall–Kier alpha value is -1.61. The van der Waals surface area contributed by atoms with Crippen molar-refractivity contribution >= 4 is 50.0 Å². The SMILES string of the molecule is O=C(O)CN(CC(=O)O)/N=C\c1cc(Br)c(O)c(Br)c1. The number of carbonyl (C=O) groups is 2. The molecule has 0 aliphatic heterocycles. The van der Waals surface area contributed by atoms with Gasteiger partial charge in [-0.15, -0.1) is 0 Å². The van der Waals surface area contributed by atoms with Gasteiger partial charge in [-0.3, -0.25) is 14.6 Å². The maximum Gasteiger partial charge on any atom is 0.324 e. The van der Waals surface area contributed by atoms with Crippen molar-refractivity contribution in [1.82, 2.24) is 5.01 Å². The van der Waals surface area contributed by atoms with E-state index in [1.807, 2.05) is 0 Å². The molecule has 3 N–H and O–H groups in total. The Morgan fingerprint density at radius 2 is 1.60 bits per heavy atom. The molecule has 108 valence electrons. The molecule has 0 atom stereocenters. The van der Waals surface area contributed by atoms with Gasteiger partial charge >= 0.3 is 11.9 Å². The summed E-state index contributed by atoms with van der Waals surface area (Å²) in [6.07, 6.45) is 1.31. The van der Waals surface area contributed by atoms with Crippen LogP contribution in [0.15, 0.2) is 26.2 Å². The molecule has 0 saturated heterocycles. The highest BCUT2D eigenvalue weighted by Gasteiger charge is 2.11. The molecule has 0 amide bonds. The molecule has 1 rings (SSSR count). The third-order valence-corrected chi connectivity index (χ3v) is 3.25. The molecule has 0 radical (unpaired) electrons. The maximum atomic E-state index is 10.6. The lowest BCUT2D eigenvalue weighted by Gasteiger charge is -2.13. The van der Waals surface area contributed by atoms with Gasteiger partial charge in [-0.25, -0.2) is 0 Å². The highest BCUT2D eigenvalue weighted by molar-refractivity contribution is 9.11. The molecule has 0 fully saturated rings. The van der Waals surface area contributed by atoms with Crippen molar-refractivity contribution in [2.45, 2.75) is 0 Å². The lowest BCUT2D eigenvalue weighted by Crippen LogP contribution is -2.30. The molecule has 9 heteroatoms. The van der Waals surface area contributed by atoms with E-state index < -0.39 is 25.0 Å². The fourth-order valence-electron chi connectivity index (χ4n) is 1.26. The zero-order valence-corrected chi connectivity index (χ0v) is 13.1. The van der Waals surface area contributed by atoms with E-state index in [1.165, 1.54) is 6.21 Å². The standard InChI is InChI=1S/C11H10Br2N2O5/c12-7-1-6(2-8(13)11(7)20)3-14-15(4-9(16)17)5-10(18)19/h1-3,20H,4-5H2,(H,16,17)(H,18,19)/b14-3-. The Morgan fingerprint density at radius 1 is 1.15 bits per heavy atom. The van der Waals surface area contributed by atoms with Crippen LogP contribution in [0.5, 0.6) is 5.75 Å². The molecule has 20 heavy (non-hydrogen) atoms. The first-order valence-corrected chi connectivity index (χ1v) is 6.78. The van der Waals surface area contributed by atoms with Crippen molar-refractivity contribution in [2.24, 2.45) is 5.10 Å². The van der Waals surface area contributed by atoms with Gasteiger partial charge in [0.1, 0.15) is 18.8 Å². The predicted octanol–water partition coefficient (Wildman–Crippen LogP) is 1.72. The summed E-state index contributed by atoms with van der Waals surface area (Å²) in [5.41, 5.74) is 0.558. The zero-order chi connectivity index (χ0) is 15.3. The number of phenolic OH excluding ortho intramolecular Hbond substituents is 1. The van der Waals surface area contributed by atoms with Crippen LogP contribution in [0, 0.1) is 0 Å². The zero-order valence-electron chi connectivity index (χ0n) is 9.95. The Morgan fingerprint density at radius 3 is 2.00 bits per heavy atom. The molecule has 0 aromatic heterocycles. The van der Waals surface area contributed by atoms with E-state index in [1.54, 1.807) is 12.1 Å².